The quantitative estimate of drug-likeness (QED) is 0.888. The van der Waals surface area contributed by atoms with Crippen molar-refractivity contribution in [2.75, 3.05) is 6.54 Å². The Morgan fingerprint density at radius 1 is 1.35 bits per heavy atom. The number of hydrogen-bond donors (Lipinski definition) is 2. The predicted molar refractivity (Wildman–Crippen MR) is 82.5 cm³/mol. The molecule has 23 heavy (non-hydrogen) atoms. The second-order valence-corrected chi connectivity index (χ2v) is 5.86. The number of pyridine rings is 1. The smallest absolute Gasteiger partial charge is 0.308 e. The zero-order valence-electron chi connectivity index (χ0n) is 12.5. The van der Waals surface area contributed by atoms with E-state index in [9.17, 15) is 19.1 Å². The van der Waals surface area contributed by atoms with Crippen molar-refractivity contribution in [1.82, 2.24) is 10.3 Å². The number of hydrogen-bond acceptors (Lipinski definition) is 3. The maximum absolute atomic E-state index is 14.1. The summed E-state index contributed by atoms with van der Waals surface area (Å²) in [5, 5.41) is 13.0. The number of halogens is 1. The molecular formula is C17H17FN2O3. The lowest BCUT2D eigenvalue weighted by molar-refractivity contribution is -0.144. The lowest BCUT2D eigenvalue weighted by atomic mass is 9.76. The van der Waals surface area contributed by atoms with E-state index in [0.29, 0.717) is 10.8 Å². The average Bonchev–Trinajstić information content (AvgIpc) is 2.48. The van der Waals surface area contributed by atoms with Crippen molar-refractivity contribution in [3.8, 4) is 0 Å². The maximum atomic E-state index is 14.1. The van der Waals surface area contributed by atoms with Crippen molar-refractivity contribution in [3.63, 3.8) is 0 Å². The van der Waals surface area contributed by atoms with Crippen LogP contribution in [0.15, 0.2) is 30.6 Å². The number of rotatable bonds is 5. The number of nitrogens with zero attached hydrogens (tertiary/aromatic N) is 1. The molecule has 1 amide bonds. The van der Waals surface area contributed by atoms with E-state index in [1.807, 2.05) is 0 Å². The fourth-order valence-electron chi connectivity index (χ4n) is 2.95. The van der Waals surface area contributed by atoms with Crippen molar-refractivity contribution in [1.29, 1.82) is 0 Å². The predicted octanol–water partition coefficient (Wildman–Crippen LogP) is 2.60. The third kappa shape index (κ3) is 3.02. The van der Waals surface area contributed by atoms with E-state index >= 15 is 0 Å². The van der Waals surface area contributed by atoms with Crippen molar-refractivity contribution in [3.05, 3.63) is 42.0 Å². The molecule has 1 aromatic heterocycles. The van der Waals surface area contributed by atoms with Crippen LogP contribution in [-0.4, -0.2) is 28.5 Å². The largest absolute Gasteiger partial charge is 0.481 e. The first-order valence-corrected chi connectivity index (χ1v) is 7.61. The van der Waals surface area contributed by atoms with E-state index in [1.54, 1.807) is 18.3 Å². The highest BCUT2D eigenvalue weighted by molar-refractivity contribution is 6.07. The zero-order valence-corrected chi connectivity index (χ0v) is 12.5. The van der Waals surface area contributed by atoms with Gasteiger partial charge in [0.2, 0.25) is 0 Å². The van der Waals surface area contributed by atoms with Crippen LogP contribution in [0.3, 0.4) is 0 Å². The van der Waals surface area contributed by atoms with Crippen LogP contribution in [0.5, 0.6) is 0 Å². The van der Waals surface area contributed by atoms with Gasteiger partial charge in [-0.2, -0.15) is 0 Å². The normalized spacial score (nSPS) is 15.9. The van der Waals surface area contributed by atoms with Crippen LogP contribution in [0.1, 0.15) is 29.6 Å². The van der Waals surface area contributed by atoms with E-state index in [0.717, 1.165) is 19.3 Å². The number of benzene rings is 1. The Labute approximate surface area is 132 Å². The number of carbonyl (C=O) groups is 2. The molecule has 6 heteroatoms. The summed E-state index contributed by atoms with van der Waals surface area (Å²) >= 11 is 0. The van der Waals surface area contributed by atoms with Gasteiger partial charge in [0.25, 0.3) is 5.91 Å². The first kappa shape index (κ1) is 15.4. The molecular weight excluding hydrogens is 299 g/mol. The zero-order chi connectivity index (χ0) is 16.4. The molecule has 0 saturated heterocycles. The molecule has 0 spiro atoms. The third-order valence-corrected chi connectivity index (χ3v) is 4.52. The number of carbonyl (C=O) groups excluding carboxylic acids is 1. The van der Waals surface area contributed by atoms with Gasteiger partial charge in [0, 0.05) is 24.3 Å². The van der Waals surface area contributed by atoms with Crippen LogP contribution < -0.4 is 5.32 Å². The molecule has 1 atom stereocenters. The molecule has 1 heterocycles. The molecule has 1 saturated carbocycles. The van der Waals surface area contributed by atoms with Crippen molar-refractivity contribution in [2.45, 2.75) is 19.3 Å². The first-order valence-electron chi connectivity index (χ1n) is 7.61. The Morgan fingerprint density at radius 2 is 2.13 bits per heavy atom. The highest BCUT2D eigenvalue weighted by atomic mass is 19.1. The summed E-state index contributed by atoms with van der Waals surface area (Å²) in [5.74, 6) is -2.70. The van der Waals surface area contributed by atoms with Crippen LogP contribution in [0.25, 0.3) is 10.8 Å². The van der Waals surface area contributed by atoms with E-state index in [4.69, 9.17) is 0 Å². The second kappa shape index (κ2) is 6.32. The number of amides is 1. The number of carboxylic acid groups (broad SMARTS) is 1. The standard InChI is InChI=1S/C17H17FN2O3/c18-14-5-4-11-6-7-19-8-12(11)15(14)16(21)20-9-13(17(22)23)10-2-1-3-10/h4-8,10,13H,1-3,9H2,(H,20,21)(H,22,23). The van der Waals surface area contributed by atoms with Crippen LogP contribution in [0.2, 0.25) is 0 Å². The number of carboxylic acids is 1. The highest BCUT2D eigenvalue weighted by Crippen LogP contribution is 2.33. The second-order valence-electron chi connectivity index (χ2n) is 5.86. The summed E-state index contributed by atoms with van der Waals surface area (Å²) in [6.07, 6.45) is 5.75. The van der Waals surface area contributed by atoms with Gasteiger partial charge in [0.15, 0.2) is 0 Å². The molecule has 1 fully saturated rings. The molecule has 0 radical (unpaired) electrons. The Bertz CT molecular complexity index is 759. The van der Waals surface area contributed by atoms with Crippen LogP contribution in [0, 0.1) is 17.7 Å². The van der Waals surface area contributed by atoms with Crippen LogP contribution in [-0.2, 0) is 4.79 Å². The summed E-state index contributed by atoms with van der Waals surface area (Å²) in [6, 6.07) is 4.51. The Kier molecular flexibility index (Phi) is 4.23. The summed E-state index contributed by atoms with van der Waals surface area (Å²) in [7, 11) is 0. The number of aromatic nitrogens is 1. The number of aliphatic carboxylic acids is 1. The van der Waals surface area contributed by atoms with E-state index in [2.05, 4.69) is 10.3 Å². The number of fused-ring (bicyclic) bond motifs is 1. The molecule has 2 aromatic rings. The van der Waals surface area contributed by atoms with Gasteiger partial charge in [-0.25, -0.2) is 4.39 Å². The highest BCUT2D eigenvalue weighted by Gasteiger charge is 2.33. The van der Waals surface area contributed by atoms with Gasteiger partial charge in [-0.3, -0.25) is 14.6 Å². The van der Waals surface area contributed by atoms with E-state index in [-0.39, 0.29) is 18.0 Å². The van der Waals surface area contributed by atoms with Crippen LogP contribution >= 0.6 is 0 Å². The Balaban J connectivity index is 1.80. The SMILES string of the molecule is O=C(NCC(C(=O)O)C1CCC1)c1c(F)ccc2ccncc12. The lowest BCUT2D eigenvalue weighted by Gasteiger charge is -2.31. The first-order chi connectivity index (χ1) is 11.1. The summed E-state index contributed by atoms with van der Waals surface area (Å²) in [6.45, 7) is 0.00885. The Hall–Kier alpha value is -2.50. The third-order valence-electron chi connectivity index (χ3n) is 4.52. The summed E-state index contributed by atoms with van der Waals surface area (Å²) < 4.78 is 14.1. The van der Waals surface area contributed by atoms with Crippen molar-refractivity contribution < 1.29 is 19.1 Å². The molecule has 1 aliphatic rings. The van der Waals surface area contributed by atoms with Gasteiger partial charge in [0.05, 0.1) is 11.5 Å². The summed E-state index contributed by atoms with van der Waals surface area (Å²) in [4.78, 5) is 27.6. The fourth-order valence-corrected chi connectivity index (χ4v) is 2.95. The minimum Gasteiger partial charge on any atom is -0.481 e. The molecule has 3 rings (SSSR count). The van der Waals surface area contributed by atoms with Crippen molar-refractivity contribution in [2.24, 2.45) is 11.8 Å². The molecule has 5 nitrogen and oxygen atoms in total. The van der Waals surface area contributed by atoms with Gasteiger partial charge >= 0.3 is 5.97 Å². The average molecular weight is 316 g/mol. The van der Waals surface area contributed by atoms with Gasteiger partial charge < -0.3 is 10.4 Å². The van der Waals surface area contributed by atoms with Gasteiger partial charge in [-0.15, -0.1) is 0 Å². The van der Waals surface area contributed by atoms with E-state index < -0.39 is 23.6 Å². The minimum absolute atomic E-state index is 0.00885. The molecule has 0 aliphatic heterocycles. The molecule has 120 valence electrons. The maximum Gasteiger partial charge on any atom is 0.308 e. The van der Waals surface area contributed by atoms with Gasteiger partial charge in [-0.1, -0.05) is 12.5 Å². The summed E-state index contributed by atoms with van der Waals surface area (Å²) in [5.41, 5.74) is -0.0895. The van der Waals surface area contributed by atoms with Gasteiger partial charge in [-0.05, 0) is 36.3 Å². The molecule has 1 unspecified atom stereocenters. The topological polar surface area (TPSA) is 79.3 Å². The van der Waals surface area contributed by atoms with E-state index in [1.165, 1.54) is 12.3 Å². The monoisotopic (exact) mass is 316 g/mol. The Morgan fingerprint density at radius 3 is 2.78 bits per heavy atom. The fraction of sp³-hybridized carbons (Fsp3) is 0.353. The van der Waals surface area contributed by atoms with Crippen LogP contribution in [0.4, 0.5) is 4.39 Å². The van der Waals surface area contributed by atoms with Crippen molar-refractivity contribution >= 4 is 22.6 Å². The molecule has 1 aliphatic carbocycles. The minimum atomic E-state index is -0.921. The van der Waals surface area contributed by atoms with Gasteiger partial charge in [0.1, 0.15) is 5.82 Å². The molecule has 0 bridgehead atoms. The lowest BCUT2D eigenvalue weighted by Crippen LogP contribution is -2.39. The molecule has 1 aromatic carbocycles. The molecule has 2 N–H and O–H groups in total. The number of nitrogens with one attached hydrogen (secondary N) is 1.